The van der Waals surface area contributed by atoms with Crippen LogP contribution < -0.4 is 10.2 Å². The van der Waals surface area contributed by atoms with E-state index in [1.807, 2.05) is 12.1 Å². The highest BCUT2D eigenvalue weighted by Gasteiger charge is 2.15. The van der Waals surface area contributed by atoms with E-state index >= 15 is 0 Å². The maximum atomic E-state index is 11.9. The van der Waals surface area contributed by atoms with Crippen LogP contribution in [0, 0.1) is 12.3 Å². The van der Waals surface area contributed by atoms with Gasteiger partial charge >= 0.3 is 5.97 Å². The third kappa shape index (κ3) is 5.74. The van der Waals surface area contributed by atoms with Crippen molar-refractivity contribution in [2.75, 3.05) is 39.5 Å². The summed E-state index contributed by atoms with van der Waals surface area (Å²) in [5.74, 6) is 1.34. The number of hydrogen-bond donors (Lipinski definition) is 2. The molecule has 2 rings (SSSR count). The van der Waals surface area contributed by atoms with Gasteiger partial charge in [0.15, 0.2) is 6.61 Å². The summed E-state index contributed by atoms with van der Waals surface area (Å²) >= 11 is 0. The number of benzene rings is 1. The van der Waals surface area contributed by atoms with Crippen LogP contribution in [0.5, 0.6) is 0 Å². The number of carbonyl (C=O) groups excluding carboxylic acids is 2. The number of quaternary nitrogens is 1. The first kappa shape index (κ1) is 17.0. The molecule has 0 atom stereocenters. The number of rotatable bonds is 6. The molecule has 0 saturated carbocycles. The van der Waals surface area contributed by atoms with Crippen LogP contribution in [0.3, 0.4) is 0 Å². The van der Waals surface area contributed by atoms with Gasteiger partial charge < -0.3 is 19.7 Å². The number of morpholine rings is 1. The van der Waals surface area contributed by atoms with Gasteiger partial charge in [-0.25, -0.2) is 4.79 Å². The molecular formula is C17H21N2O4+. The van der Waals surface area contributed by atoms with Crippen molar-refractivity contribution in [1.29, 1.82) is 0 Å². The topological polar surface area (TPSA) is 69.1 Å². The van der Waals surface area contributed by atoms with Crippen LogP contribution >= 0.6 is 0 Å². The number of ether oxygens (including phenoxy) is 2. The summed E-state index contributed by atoms with van der Waals surface area (Å²) in [6, 6.07) is 7.27. The van der Waals surface area contributed by atoms with Gasteiger partial charge in [-0.3, -0.25) is 4.79 Å². The Balaban J connectivity index is 1.80. The van der Waals surface area contributed by atoms with Crippen molar-refractivity contribution in [2.24, 2.45) is 0 Å². The van der Waals surface area contributed by atoms with E-state index in [-0.39, 0.29) is 13.2 Å². The predicted octanol–water partition coefficient (Wildman–Crippen LogP) is -0.992. The Labute approximate surface area is 135 Å². The van der Waals surface area contributed by atoms with E-state index in [0.717, 1.165) is 38.4 Å². The van der Waals surface area contributed by atoms with E-state index in [0.29, 0.717) is 5.56 Å². The van der Waals surface area contributed by atoms with Crippen molar-refractivity contribution >= 4 is 11.9 Å². The van der Waals surface area contributed by atoms with Gasteiger partial charge in [-0.15, -0.1) is 6.42 Å². The molecule has 1 amide bonds. The summed E-state index contributed by atoms with van der Waals surface area (Å²) in [6.07, 6.45) is 5.02. The minimum Gasteiger partial charge on any atom is -0.452 e. The summed E-state index contributed by atoms with van der Waals surface area (Å²) in [5.41, 5.74) is 1.58. The second kappa shape index (κ2) is 8.93. The lowest BCUT2D eigenvalue weighted by Gasteiger charge is -2.23. The Morgan fingerprint density at radius 2 is 1.96 bits per heavy atom. The summed E-state index contributed by atoms with van der Waals surface area (Å²) < 4.78 is 10.3. The second-order valence-electron chi connectivity index (χ2n) is 5.29. The largest absolute Gasteiger partial charge is 0.452 e. The Morgan fingerprint density at radius 3 is 2.61 bits per heavy atom. The molecule has 0 aliphatic carbocycles. The average Bonchev–Trinajstić information content (AvgIpc) is 2.59. The molecule has 1 aromatic rings. The number of nitrogens with one attached hydrogen (secondary N) is 2. The SMILES string of the molecule is C#CCNC(=O)COC(=O)c1ccc(C[NH+]2CCOCC2)cc1. The van der Waals surface area contributed by atoms with Crippen LogP contribution in [-0.4, -0.2) is 51.3 Å². The molecule has 1 aliphatic rings. The smallest absolute Gasteiger partial charge is 0.338 e. The monoisotopic (exact) mass is 317 g/mol. The minimum absolute atomic E-state index is 0.120. The van der Waals surface area contributed by atoms with E-state index in [2.05, 4.69) is 11.2 Å². The fourth-order valence-corrected chi connectivity index (χ4v) is 2.30. The lowest BCUT2D eigenvalue weighted by atomic mass is 10.1. The van der Waals surface area contributed by atoms with E-state index in [9.17, 15) is 9.59 Å². The minimum atomic E-state index is -0.522. The van der Waals surface area contributed by atoms with Crippen LogP contribution in [-0.2, 0) is 20.8 Å². The lowest BCUT2D eigenvalue weighted by Crippen LogP contribution is -3.12. The fourth-order valence-electron chi connectivity index (χ4n) is 2.30. The van der Waals surface area contributed by atoms with Crippen molar-refractivity contribution in [1.82, 2.24) is 5.32 Å². The summed E-state index contributed by atoms with van der Waals surface area (Å²) in [7, 11) is 0. The van der Waals surface area contributed by atoms with Gasteiger partial charge in [-0.2, -0.15) is 0 Å². The molecule has 1 fully saturated rings. The predicted molar refractivity (Wildman–Crippen MR) is 83.8 cm³/mol. The molecule has 1 heterocycles. The molecule has 1 aromatic carbocycles. The highest BCUT2D eigenvalue weighted by atomic mass is 16.5. The number of carbonyl (C=O) groups is 2. The van der Waals surface area contributed by atoms with Crippen LogP contribution in [0.15, 0.2) is 24.3 Å². The van der Waals surface area contributed by atoms with Crippen molar-refractivity contribution in [3.05, 3.63) is 35.4 Å². The molecule has 0 aromatic heterocycles. The Hall–Kier alpha value is -2.36. The quantitative estimate of drug-likeness (QED) is 0.522. The van der Waals surface area contributed by atoms with E-state index in [4.69, 9.17) is 15.9 Å². The molecule has 0 bridgehead atoms. The number of amides is 1. The van der Waals surface area contributed by atoms with E-state index in [1.54, 1.807) is 12.1 Å². The highest BCUT2D eigenvalue weighted by molar-refractivity contribution is 5.91. The Kier molecular flexibility index (Phi) is 6.60. The Bertz CT molecular complexity index is 571. The molecule has 0 radical (unpaired) electrons. The van der Waals surface area contributed by atoms with Gasteiger partial charge in [-0.05, 0) is 12.1 Å². The molecule has 2 N–H and O–H groups in total. The molecule has 23 heavy (non-hydrogen) atoms. The van der Waals surface area contributed by atoms with Crippen molar-refractivity contribution in [2.45, 2.75) is 6.54 Å². The van der Waals surface area contributed by atoms with Gasteiger partial charge in [0.05, 0.1) is 25.3 Å². The van der Waals surface area contributed by atoms with Crippen molar-refractivity contribution in [3.8, 4) is 12.3 Å². The third-order valence-corrected chi connectivity index (χ3v) is 3.57. The fraction of sp³-hybridized carbons (Fsp3) is 0.412. The van der Waals surface area contributed by atoms with Crippen molar-refractivity contribution < 1.29 is 24.0 Å². The molecule has 0 spiro atoms. The maximum Gasteiger partial charge on any atom is 0.338 e. The zero-order valence-corrected chi connectivity index (χ0v) is 13.0. The Morgan fingerprint density at radius 1 is 1.26 bits per heavy atom. The second-order valence-corrected chi connectivity index (χ2v) is 5.29. The summed E-state index contributed by atoms with van der Waals surface area (Å²) in [4.78, 5) is 24.6. The highest BCUT2D eigenvalue weighted by Crippen LogP contribution is 2.05. The summed E-state index contributed by atoms with van der Waals surface area (Å²) in [5, 5.41) is 2.43. The molecule has 1 aliphatic heterocycles. The zero-order valence-electron chi connectivity index (χ0n) is 13.0. The molecule has 0 unspecified atom stereocenters. The number of terminal acetylenes is 1. The molecule has 6 nitrogen and oxygen atoms in total. The average molecular weight is 317 g/mol. The zero-order chi connectivity index (χ0) is 16.5. The molecule has 122 valence electrons. The van der Waals surface area contributed by atoms with Crippen molar-refractivity contribution in [3.63, 3.8) is 0 Å². The van der Waals surface area contributed by atoms with Crippen LogP contribution in [0.2, 0.25) is 0 Å². The first-order chi connectivity index (χ1) is 11.2. The van der Waals surface area contributed by atoms with Crippen LogP contribution in [0.25, 0.3) is 0 Å². The van der Waals surface area contributed by atoms with E-state index in [1.165, 1.54) is 4.90 Å². The summed E-state index contributed by atoms with van der Waals surface area (Å²) in [6.45, 7) is 4.28. The van der Waals surface area contributed by atoms with Gasteiger partial charge in [0, 0.05) is 5.56 Å². The normalized spacial score (nSPS) is 14.7. The first-order valence-electron chi connectivity index (χ1n) is 7.56. The molecule has 1 saturated heterocycles. The lowest BCUT2D eigenvalue weighted by molar-refractivity contribution is -0.921. The van der Waals surface area contributed by atoms with Gasteiger partial charge in [0.1, 0.15) is 19.6 Å². The third-order valence-electron chi connectivity index (χ3n) is 3.57. The van der Waals surface area contributed by atoms with Crippen LogP contribution in [0.4, 0.5) is 0 Å². The maximum absolute atomic E-state index is 11.9. The van der Waals surface area contributed by atoms with Gasteiger partial charge in [0.25, 0.3) is 5.91 Å². The molecule has 6 heteroatoms. The standard InChI is InChI=1S/C17H20N2O4/c1-2-7-18-16(20)13-23-17(21)15-5-3-14(4-6-15)12-19-8-10-22-11-9-19/h1,3-6H,7-13H2,(H,18,20)/p+1. The van der Waals surface area contributed by atoms with E-state index < -0.39 is 11.9 Å². The first-order valence-corrected chi connectivity index (χ1v) is 7.56. The number of hydrogen-bond acceptors (Lipinski definition) is 4. The van der Waals surface area contributed by atoms with Crippen LogP contribution in [0.1, 0.15) is 15.9 Å². The number of esters is 1. The van der Waals surface area contributed by atoms with Gasteiger partial charge in [0.2, 0.25) is 0 Å². The molecular weight excluding hydrogens is 296 g/mol. The van der Waals surface area contributed by atoms with Gasteiger partial charge in [-0.1, -0.05) is 18.1 Å².